The first-order valence-electron chi connectivity index (χ1n) is 7.66. The summed E-state index contributed by atoms with van der Waals surface area (Å²) in [6.07, 6.45) is 4.66. The van der Waals surface area contributed by atoms with Crippen molar-refractivity contribution in [2.24, 2.45) is 0 Å². The monoisotopic (exact) mass is 305 g/mol. The van der Waals surface area contributed by atoms with Gasteiger partial charge >= 0.3 is 0 Å². The Bertz CT molecular complexity index is 487. The average Bonchev–Trinajstić information content (AvgIpc) is 2.93. The Hall–Kier alpha value is -1.62. The molecule has 0 aromatic heterocycles. The van der Waals surface area contributed by atoms with Crippen molar-refractivity contribution >= 4 is 28.9 Å². The number of rotatable bonds is 7. The molecule has 1 amide bonds. The maximum atomic E-state index is 12.0. The number of hydrogen-bond acceptors (Lipinski definition) is 2. The molecule has 1 saturated heterocycles. The first-order chi connectivity index (χ1) is 10.2. The van der Waals surface area contributed by atoms with Crippen LogP contribution < -0.4 is 15.5 Å². The van der Waals surface area contributed by atoms with E-state index in [-0.39, 0.29) is 5.91 Å². The molecule has 0 radical (unpaired) electrons. The molecule has 2 rings (SSSR count). The predicted octanol–water partition coefficient (Wildman–Crippen LogP) is 2.69. The maximum Gasteiger partial charge on any atom is 0.251 e. The highest BCUT2D eigenvalue weighted by atomic mass is 32.1. The second-order valence-electron chi connectivity index (χ2n) is 5.25. The lowest BCUT2D eigenvalue weighted by atomic mass is 10.1. The fraction of sp³-hybridized carbons (Fsp3) is 0.500. The Morgan fingerprint density at radius 3 is 2.67 bits per heavy atom. The van der Waals surface area contributed by atoms with Crippen LogP contribution in [0.5, 0.6) is 0 Å². The van der Waals surface area contributed by atoms with E-state index in [1.54, 1.807) is 0 Å². The number of benzene rings is 1. The number of carbonyl (C=O) groups is 1. The summed E-state index contributed by atoms with van der Waals surface area (Å²) in [5.41, 5.74) is 1.73. The second-order valence-corrected chi connectivity index (χ2v) is 5.63. The van der Waals surface area contributed by atoms with Gasteiger partial charge in [0.1, 0.15) is 0 Å². The van der Waals surface area contributed by atoms with Crippen LogP contribution in [0.25, 0.3) is 0 Å². The van der Waals surface area contributed by atoms with E-state index in [2.05, 4.69) is 17.6 Å². The third-order valence-electron chi connectivity index (χ3n) is 3.61. The summed E-state index contributed by atoms with van der Waals surface area (Å²) < 4.78 is 0. The van der Waals surface area contributed by atoms with Gasteiger partial charge in [0, 0.05) is 30.9 Å². The molecule has 1 fully saturated rings. The minimum Gasteiger partial charge on any atom is -0.360 e. The summed E-state index contributed by atoms with van der Waals surface area (Å²) in [5, 5.41) is 6.85. The van der Waals surface area contributed by atoms with E-state index in [1.165, 1.54) is 19.3 Å². The maximum absolute atomic E-state index is 12.0. The van der Waals surface area contributed by atoms with Gasteiger partial charge in [-0.1, -0.05) is 26.2 Å². The van der Waals surface area contributed by atoms with Gasteiger partial charge in [0.15, 0.2) is 5.11 Å². The molecule has 114 valence electrons. The second kappa shape index (κ2) is 7.98. The Morgan fingerprint density at radius 2 is 2.05 bits per heavy atom. The van der Waals surface area contributed by atoms with Gasteiger partial charge in [-0.3, -0.25) is 4.79 Å². The highest BCUT2D eigenvalue weighted by Crippen LogP contribution is 2.17. The summed E-state index contributed by atoms with van der Waals surface area (Å²) in [6.45, 7) is 4.68. The molecule has 0 unspecified atom stereocenters. The van der Waals surface area contributed by atoms with E-state index >= 15 is 0 Å². The molecule has 21 heavy (non-hydrogen) atoms. The van der Waals surface area contributed by atoms with E-state index in [1.807, 2.05) is 29.2 Å². The zero-order valence-corrected chi connectivity index (χ0v) is 13.3. The van der Waals surface area contributed by atoms with Crippen molar-refractivity contribution < 1.29 is 4.79 Å². The van der Waals surface area contributed by atoms with E-state index in [9.17, 15) is 4.79 Å². The molecule has 0 atom stereocenters. The molecular formula is C16H23N3OS. The van der Waals surface area contributed by atoms with E-state index in [0.29, 0.717) is 5.56 Å². The summed E-state index contributed by atoms with van der Waals surface area (Å²) in [4.78, 5) is 14.1. The molecule has 1 heterocycles. The van der Waals surface area contributed by atoms with Crippen molar-refractivity contribution in [3.63, 3.8) is 0 Å². The normalized spacial score (nSPS) is 14.1. The van der Waals surface area contributed by atoms with Crippen LogP contribution >= 0.6 is 12.2 Å². The van der Waals surface area contributed by atoms with Gasteiger partial charge in [-0.25, -0.2) is 0 Å². The first-order valence-corrected chi connectivity index (χ1v) is 8.07. The van der Waals surface area contributed by atoms with E-state index in [4.69, 9.17) is 12.2 Å². The Morgan fingerprint density at radius 1 is 1.29 bits per heavy atom. The predicted molar refractivity (Wildman–Crippen MR) is 90.9 cm³/mol. The Kier molecular flexibility index (Phi) is 5.99. The van der Waals surface area contributed by atoms with Gasteiger partial charge in [-0.2, -0.15) is 0 Å². The molecule has 5 heteroatoms. The zero-order chi connectivity index (χ0) is 15.1. The fourth-order valence-corrected chi connectivity index (χ4v) is 2.67. The summed E-state index contributed by atoms with van der Waals surface area (Å²) >= 11 is 5.23. The van der Waals surface area contributed by atoms with Crippen molar-refractivity contribution in [2.45, 2.75) is 32.6 Å². The van der Waals surface area contributed by atoms with Crippen LogP contribution in [0.15, 0.2) is 24.3 Å². The third kappa shape index (κ3) is 4.43. The number of amides is 1. The SMILES string of the molecule is CCCCCCNC(=O)c1ccc(N2CCNC2=S)cc1. The molecular weight excluding hydrogens is 282 g/mol. The lowest BCUT2D eigenvalue weighted by molar-refractivity contribution is 0.0953. The van der Waals surface area contributed by atoms with Crippen LogP contribution in [0.2, 0.25) is 0 Å². The fourth-order valence-electron chi connectivity index (χ4n) is 2.37. The lowest BCUT2D eigenvalue weighted by Crippen LogP contribution is -2.27. The summed E-state index contributed by atoms with van der Waals surface area (Å²) in [6, 6.07) is 7.62. The highest BCUT2D eigenvalue weighted by Gasteiger charge is 2.17. The van der Waals surface area contributed by atoms with Crippen LogP contribution in [-0.4, -0.2) is 30.7 Å². The quantitative estimate of drug-likeness (QED) is 0.600. The van der Waals surface area contributed by atoms with Gasteiger partial charge in [-0.15, -0.1) is 0 Å². The average molecular weight is 305 g/mol. The topological polar surface area (TPSA) is 44.4 Å². The standard InChI is InChI=1S/C16H23N3OS/c1-2-3-4-5-10-17-15(20)13-6-8-14(9-7-13)19-12-11-18-16(19)21/h6-9H,2-5,10-12H2,1H3,(H,17,20)(H,18,21). The molecule has 0 bridgehead atoms. The number of anilines is 1. The molecule has 0 aliphatic carbocycles. The van der Waals surface area contributed by atoms with Gasteiger partial charge in [0.05, 0.1) is 0 Å². The molecule has 2 N–H and O–H groups in total. The smallest absolute Gasteiger partial charge is 0.251 e. The number of carbonyl (C=O) groups excluding carboxylic acids is 1. The van der Waals surface area contributed by atoms with Crippen molar-refractivity contribution in [3.8, 4) is 0 Å². The molecule has 0 spiro atoms. The number of nitrogens with zero attached hydrogens (tertiary/aromatic N) is 1. The minimum atomic E-state index is 0.000159. The van der Waals surface area contributed by atoms with Crippen molar-refractivity contribution in [3.05, 3.63) is 29.8 Å². The van der Waals surface area contributed by atoms with Gasteiger partial charge in [0.25, 0.3) is 5.91 Å². The summed E-state index contributed by atoms with van der Waals surface area (Å²) in [5.74, 6) is 0.000159. The molecule has 1 aliphatic rings. The van der Waals surface area contributed by atoms with Gasteiger partial charge in [-0.05, 0) is 42.9 Å². The van der Waals surface area contributed by atoms with Crippen LogP contribution in [0.1, 0.15) is 43.0 Å². The minimum absolute atomic E-state index is 0.000159. The van der Waals surface area contributed by atoms with Crippen molar-refractivity contribution in [1.82, 2.24) is 10.6 Å². The highest BCUT2D eigenvalue weighted by molar-refractivity contribution is 7.80. The third-order valence-corrected chi connectivity index (χ3v) is 3.98. The number of thiocarbonyl (C=S) groups is 1. The lowest BCUT2D eigenvalue weighted by Gasteiger charge is -2.16. The zero-order valence-electron chi connectivity index (χ0n) is 12.5. The largest absolute Gasteiger partial charge is 0.360 e. The number of nitrogens with one attached hydrogen (secondary N) is 2. The molecule has 1 aromatic rings. The first kappa shape index (κ1) is 15.8. The van der Waals surface area contributed by atoms with Gasteiger partial charge < -0.3 is 15.5 Å². The molecule has 1 aromatic carbocycles. The van der Waals surface area contributed by atoms with Crippen LogP contribution in [0.3, 0.4) is 0 Å². The van der Waals surface area contributed by atoms with Crippen molar-refractivity contribution in [1.29, 1.82) is 0 Å². The molecule has 1 aliphatic heterocycles. The number of hydrogen-bond donors (Lipinski definition) is 2. The van der Waals surface area contributed by atoms with E-state index < -0.39 is 0 Å². The van der Waals surface area contributed by atoms with Crippen LogP contribution in [0.4, 0.5) is 5.69 Å². The Balaban J connectivity index is 1.83. The van der Waals surface area contributed by atoms with Gasteiger partial charge in [0.2, 0.25) is 0 Å². The molecule has 4 nitrogen and oxygen atoms in total. The number of unbranched alkanes of at least 4 members (excludes halogenated alkanes) is 3. The van der Waals surface area contributed by atoms with Crippen LogP contribution in [0, 0.1) is 0 Å². The summed E-state index contributed by atoms with van der Waals surface area (Å²) in [7, 11) is 0. The van der Waals surface area contributed by atoms with E-state index in [0.717, 1.165) is 36.9 Å². The molecule has 0 saturated carbocycles. The van der Waals surface area contributed by atoms with Crippen molar-refractivity contribution in [2.75, 3.05) is 24.5 Å². The van der Waals surface area contributed by atoms with Crippen LogP contribution in [-0.2, 0) is 0 Å². The Labute approximate surface area is 131 Å².